The van der Waals surface area contributed by atoms with Gasteiger partial charge in [-0.05, 0) is 0 Å². The lowest BCUT2D eigenvalue weighted by Crippen LogP contribution is -2.51. The number of carbonyl (C=O) groups is 2. The van der Waals surface area contributed by atoms with Crippen LogP contribution in [-0.2, 0) is 4.79 Å². The van der Waals surface area contributed by atoms with E-state index < -0.39 is 30.3 Å². The lowest BCUT2D eigenvalue weighted by molar-refractivity contribution is -0.168. The number of carboxylic acids is 1. The van der Waals surface area contributed by atoms with Crippen LogP contribution in [0.1, 0.15) is 6.42 Å². The molecular weight excluding hydrogens is 200 g/mol. The van der Waals surface area contributed by atoms with Gasteiger partial charge in [-0.25, -0.2) is 9.59 Å². The van der Waals surface area contributed by atoms with Crippen LogP contribution in [0.15, 0.2) is 0 Å². The summed E-state index contributed by atoms with van der Waals surface area (Å²) in [6.07, 6.45) is -1.97. The van der Waals surface area contributed by atoms with E-state index in [2.05, 4.69) is 0 Å². The van der Waals surface area contributed by atoms with Gasteiger partial charge < -0.3 is 15.1 Å². The molecule has 0 saturated carbocycles. The van der Waals surface area contributed by atoms with Crippen LogP contribution in [0.4, 0.5) is 13.6 Å². The summed E-state index contributed by atoms with van der Waals surface area (Å²) in [4.78, 5) is 21.2. The maximum absolute atomic E-state index is 12.6. The van der Waals surface area contributed by atoms with E-state index in [9.17, 15) is 18.4 Å². The first-order valence-corrected chi connectivity index (χ1v) is 3.92. The van der Waals surface area contributed by atoms with Crippen LogP contribution in [0.2, 0.25) is 0 Å². The second-order valence-electron chi connectivity index (χ2n) is 3.27. The molecule has 0 atom stereocenters. The number of carboxylic acid groups (broad SMARTS) is 2. The molecule has 80 valence electrons. The summed E-state index contributed by atoms with van der Waals surface area (Å²) in [7, 11) is 0. The highest BCUT2D eigenvalue weighted by molar-refractivity contribution is 5.75. The molecule has 14 heavy (non-hydrogen) atoms. The van der Waals surface area contributed by atoms with E-state index in [1.807, 2.05) is 0 Å². The van der Waals surface area contributed by atoms with Gasteiger partial charge in [0, 0.05) is 25.4 Å². The average Bonchev–Trinajstić information content (AvgIpc) is 1.94. The summed E-state index contributed by atoms with van der Waals surface area (Å²) < 4.78 is 25.2. The molecule has 5 nitrogen and oxygen atoms in total. The first-order valence-electron chi connectivity index (χ1n) is 3.92. The van der Waals surface area contributed by atoms with Gasteiger partial charge in [-0.2, -0.15) is 8.78 Å². The number of halogens is 2. The first-order chi connectivity index (χ1) is 6.33. The summed E-state index contributed by atoms with van der Waals surface area (Å²) in [6, 6.07) is 0. The van der Waals surface area contributed by atoms with Crippen molar-refractivity contribution in [2.24, 2.45) is 5.92 Å². The van der Waals surface area contributed by atoms with Gasteiger partial charge in [0.2, 0.25) is 0 Å². The van der Waals surface area contributed by atoms with Gasteiger partial charge in [0.05, 0.1) is 0 Å². The van der Waals surface area contributed by atoms with E-state index in [4.69, 9.17) is 10.2 Å². The monoisotopic (exact) mass is 209 g/mol. The molecule has 0 spiro atoms. The fourth-order valence-electron chi connectivity index (χ4n) is 1.31. The minimum Gasteiger partial charge on any atom is -0.477 e. The van der Waals surface area contributed by atoms with Crippen LogP contribution in [0, 0.1) is 5.92 Å². The van der Waals surface area contributed by atoms with Gasteiger partial charge >= 0.3 is 18.0 Å². The molecule has 7 heteroatoms. The Morgan fingerprint density at radius 1 is 1.36 bits per heavy atom. The van der Waals surface area contributed by atoms with Crippen LogP contribution in [0.25, 0.3) is 0 Å². The van der Waals surface area contributed by atoms with E-state index in [0.29, 0.717) is 0 Å². The lowest BCUT2D eigenvalue weighted by atomic mass is 9.93. The topological polar surface area (TPSA) is 77.8 Å². The molecule has 1 rings (SSSR count). The van der Waals surface area contributed by atoms with E-state index in [1.54, 1.807) is 0 Å². The third-order valence-corrected chi connectivity index (χ3v) is 2.09. The van der Waals surface area contributed by atoms with Crippen molar-refractivity contribution in [2.75, 3.05) is 13.1 Å². The van der Waals surface area contributed by atoms with Crippen LogP contribution in [-0.4, -0.2) is 46.2 Å². The molecule has 1 aliphatic rings. The van der Waals surface area contributed by atoms with Gasteiger partial charge in [-0.15, -0.1) is 0 Å². The van der Waals surface area contributed by atoms with Gasteiger partial charge in [-0.1, -0.05) is 0 Å². The minimum atomic E-state index is -3.75. The van der Waals surface area contributed by atoms with Gasteiger partial charge in [0.25, 0.3) is 0 Å². The number of rotatable bonds is 3. The van der Waals surface area contributed by atoms with E-state index in [-0.39, 0.29) is 13.1 Å². The molecule has 0 radical (unpaired) electrons. The van der Waals surface area contributed by atoms with Gasteiger partial charge in [-0.3, -0.25) is 0 Å². The smallest absolute Gasteiger partial charge is 0.407 e. The van der Waals surface area contributed by atoms with Gasteiger partial charge in [0.15, 0.2) is 0 Å². The second kappa shape index (κ2) is 3.39. The number of aliphatic carboxylic acids is 1. The third kappa shape index (κ3) is 2.09. The maximum Gasteiger partial charge on any atom is 0.407 e. The van der Waals surface area contributed by atoms with Crippen molar-refractivity contribution < 1.29 is 28.6 Å². The normalized spacial score (nSPS) is 17.7. The minimum absolute atomic E-state index is 0.0157. The van der Waals surface area contributed by atoms with Crippen molar-refractivity contribution in [1.29, 1.82) is 0 Å². The van der Waals surface area contributed by atoms with Crippen LogP contribution < -0.4 is 0 Å². The summed E-state index contributed by atoms with van der Waals surface area (Å²) in [6.45, 7) is -0.0313. The van der Waals surface area contributed by atoms with E-state index in [1.165, 1.54) is 0 Å². The zero-order valence-corrected chi connectivity index (χ0v) is 7.11. The largest absolute Gasteiger partial charge is 0.477 e. The summed E-state index contributed by atoms with van der Waals surface area (Å²) in [5.74, 6) is -6.47. The molecule has 1 heterocycles. The Balaban J connectivity index is 2.36. The quantitative estimate of drug-likeness (QED) is 0.717. The van der Waals surface area contributed by atoms with Crippen LogP contribution >= 0.6 is 0 Å². The average molecular weight is 209 g/mol. The van der Waals surface area contributed by atoms with Crippen molar-refractivity contribution >= 4 is 12.1 Å². The standard InChI is InChI=1S/C7H9F2NO4/c8-7(9,5(11)12)1-4-2-10(3-4)6(13)14/h4H,1-3H2,(H,11,12)(H,13,14). The number of hydrogen-bond acceptors (Lipinski definition) is 2. The number of amides is 1. The van der Waals surface area contributed by atoms with E-state index >= 15 is 0 Å². The van der Waals surface area contributed by atoms with Crippen LogP contribution in [0.5, 0.6) is 0 Å². The number of likely N-dealkylation sites (tertiary alicyclic amines) is 1. The Kier molecular flexibility index (Phi) is 2.59. The Labute approximate surface area is 77.9 Å². The molecule has 2 N–H and O–H groups in total. The zero-order valence-electron chi connectivity index (χ0n) is 7.11. The summed E-state index contributed by atoms with van der Waals surface area (Å²) in [5.41, 5.74) is 0. The molecule has 1 amide bonds. The van der Waals surface area contributed by atoms with Crippen LogP contribution in [0.3, 0.4) is 0 Å². The number of alkyl halides is 2. The Morgan fingerprint density at radius 3 is 2.21 bits per heavy atom. The molecule has 0 aromatic carbocycles. The van der Waals surface area contributed by atoms with Crippen molar-refractivity contribution in [3.05, 3.63) is 0 Å². The van der Waals surface area contributed by atoms with E-state index in [0.717, 1.165) is 4.90 Å². The zero-order chi connectivity index (χ0) is 10.9. The second-order valence-corrected chi connectivity index (χ2v) is 3.27. The maximum atomic E-state index is 12.6. The Bertz CT molecular complexity index is 262. The highest BCUT2D eigenvalue weighted by Crippen LogP contribution is 2.29. The van der Waals surface area contributed by atoms with Gasteiger partial charge in [0.1, 0.15) is 0 Å². The predicted molar refractivity (Wildman–Crippen MR) is 40.3 cm³/mol. The highest BCUT2D eigenvalue weighted by atomic mass is 19.3. The third-order valence-electron chi connectivity index (χ3n) is 2.09. The van der Waals surface area contributed by atoms with Crippen molar-refractivity contribution in [3.8, 4) is 0 Å². The Morgan fingerprint density at radius 2 is 1.86 bits per heavy atom. The van der Waals surface area contributed by atoms with Crippen molar-refractivity contribution in [3.63, 3.8) is 0 Å². The fraction of sp³-hybridized carbons (Fsp3) is 0.714. The molecule has 1 aliphatic heterocycles. The number of hydrogen-bond donors (Lipinski definition) is 2. The fourth-order valence-corrected chi connectivity index (χ4v) is 1.31. The molecule has 0 aromatic rings. The molecule has 0 aromatic heterocycles. The molecule has 0 unspecified atom stereocenters. The molecule has 1 saturated heterocycles. The Hall–Kier alpha value is -1.40. The molecular formula is C7H9F2NO4. The van der Waals surface area contributed by atoms with Crippen molar-refractivity contribution in [1.82, 2.24) is 4.90 Å². The predicted octanol–water partition coefficient (Wildman–Crippen LogP) is 0.706. The highest BCUT2D eigenvalue weighted by Gasteiger charge is 2.45. The molecule has 0 bridgehead atoms. The number of nitrogens with zero attached hydrogens (tertiary/aromatic N) is 1. The SMILES string of the molecule is O=C(O)N1CC(CC(F)(F)C(=O)O)C1. The summed E-state index contributed by atoms with van der Waals surface area (Å²) >= 11 is 0. The van der Waals surface area contributed by atoms with Crippen molar-refractivity contribution in [2.45, 2.75) is 12.3 Å². The molecule has 1 fully saturated rings. The first kappa shape index (κ1) is 10.7. The lowest BCUT2D eigenvalue weighted by Gasteiger charge is -2.37. The summed E-state index contributed by atoms with van der Waals surface area (Å²) in [5, 5.41) is 16.5. The molecule has 0 aliphatic carbocycles.